The summed E-state index contributed by atoms with van der Waals surface area (Å²) in [5.74, 6) is 2.63. The van der Waals surface area contributed by atoms with Gasteiger partial charge in [-0.2, -0.15) is 4.98 Å². The Kier molecular flexibility index (Phi) is 4.94. The van der Waals surface area contributed by atoms with Crippen molar-refractivity contribution in [1.29, 1.82) is 0 Å². The fourth-order valence-electron chi connectivity index (χ4n) is 2.96. The summed E-state index contributed by atoms with van der Waals surface area (Å²) in [4.78, 5) is 15.2. The molecule has 4 rings (SSSR count). The standard InChI is InChI=1S/C18H13ClF3N5O2/c1-2-15-24-13-10-23-17(26-5-7-28-8-6-26)25-16(13)27(15)11-3-4-14(12(19)9-11)29-18(20,21)22/h1,3-4,9-10H,5-8H2. The molecule has 0 radical (unpaired) electrons. The fourth-order valence-corrected chi connectivity index (χ4v) is 3.17. The number of alkyl halides is 3. The highest BCUT2D eigenvalue weighted by Crippen LogP contribution is 2.33. The van der Waals surface area contributed by atoms with E-state index in [1.807, 2.05) is 4.90 Å². The number of imidazole rings is 1. The van der Waals surface area contributed by atoms with Crippen LogP contribution in [0, 0.1) is 12.3 Å². The number of fused-ring (bicyclic) bond motifs is 1. The van der Waals surface area contributed by atoms with Gasteiger partial charge in [-0.05, 0) is 24.1 Å². The molecule has 0 atom stereocenters. The summed E-state index contributed by atoms with van der Waals surface area (Å²) >= 11 is 5.99. The maximum Gasteiger partial charge on any atom is 0.573 e. The first kappa shape index (κ1) is 19.3. The van der Waals surface area contributed by atoms with Crippen LogP contribution in [0.5, 0.6) is 5.75 Å². The zero-order chi connectivity index (χ0) is 20.6. The second kappa shape index (κ2) is 7.42. The minimum atomic E-state index is -4.85. The van der Waals surface area contributed by atoms with Crippen molar-refractivity contribution in [3.63, 3.8) is 0 Å². The van der Waals surface area contributed by atoms with E-state index in [9.17, 15) is 13.2 Å². The van der Waals surface area contributed by atoms with E-state index in [-0.39, 0.29) is 10.8 Å². The minimum absolute atomic E-state index is 0.217. The van der Waals surface area contributed by atoms with Gasteiger partial charge in [0.25, 0.3) is 0 Å². The van der Waals surface area contributed by atoms with Gasteiger partial charge in [0, 0.05) is 13.1 Å². The van der Waals surface area contributed by atoms with Crippen LogP contribution in [0.4, 0.5) is 19.1 Å². The van der Waals surface area contributed by atoms with Gasteiger partial charge >= 0.3 is 6.36 Å². The van der Waals surface area contributed by atoms with E-state index in [0.29, 0.717) is 49.1 Å². The Morgan fingerprint density at radius 1 is 1.21 bits per heavy atom. The summed E-state index contributed by atoms with van der Waals surface area (Å²) < 4.78 is 48.2. The van der Waals surface area contributed by atoms with Gasteiger partial charge < -0.3 is 14.4 Å². The lowest BCUT2D eigenvalue weighted by Crippen LogP contribution is -2.37. The second-order valence-corrected chi connectivity index (χ2v) is 6.46. The van der Waals surface area contributed by atoms with Crippen LogP contribution in [0.25, 0.3) is 16.9 Å². The number of hydrogen-bond donors (Lipinski definition) is 0. The summed E-state index contributed by atoms with van der Waals surface area (Å²) in [5, 5.41) is -0.230. The third-order valence-electron chi connectivity index (χ3n) is 4.21. The van der Waals surface area contributed by atoms with Gasteiger partial charge in [-0.25, -0.2) is 9.97 Å². The number of nitrogens with zero attached hydrogens (tertiary/aromatic N) is 5. The van der Waals surface area contributed by atoms with Crippen molar-refractivity contribution in [3.8, 4) is 23.8 Å². The predicted octanol–water partition coefficient (Wildman–Crippen LogP) is 3.19. The normalized spacial score (nSPS) is 14.8. The molecule has 7 nitrogen and oxygen atoms in total. The summed E-state index contributed by atoms with van der Waals surface area (Å²) in [6, 6.07) is 3.81. The molecule has 0 N–H and O–H groups in total. The molecule has 1 saturated heterocycles. The van der Waals surface area contributed by atoms with Crippen LogP contribution < -0.4 is 9.64 Å². The van der Waals surface area contributed by atoms with Crippen molar-refractivity contribution in [1.82, 2.24) is 19.5 Å². The lowest BCUT2D eigenvalue weighted by Gasteiger charge is -2.26. The number of benzene rings is 1. The van der Waals surface area contributed by atoms with Crippen molar-refractivity contribution < 1.29 is 22.6 Å². The average molecular weight is 424 g/mol. The molecule has 29 heavy (non-hydrogen) atoms. The van der Waals surface area contributed by atoms with Gasteiger partial charge in [-0.1, -0.05) is 11.6 Å². The van der Waals surface area contributed by atoms with Crippen LogP contribution in [-0.4, -0.2) is 52.2 Å². The summed E-state index contributed by atoms with van der Waals surface area (Å²) in [5.41, 5.74) is 1.25. The topological polar surface area (TPSA) is 65.3 Å². The fraction of sp³-hybridized carbons (Fsp3) is 0.278. The third kappa shape index (κ3) is 3.92. The molecule has 150 valence electrons. The van der Waals surface area contributed by atoms with Crippen molar-refractivity contribution in [2.24, 2.45) is 0 Å². The van der Waals surface area contributed by atoms with Crippen LogP contribution in [0.3, 0.4) is 0 Å². The molecule has 1 aliphatic heterocycles. The Bertz CT molecular complexity index is 1100. The largest absolute Gasteiger partial charge is 0.573 e. The molecule has 11 heteroatoms. The predicted molar refractivity (Wildman–Crippen MR) is 99.3 cm³/mol. The first-order valence-corrected chi connectivity index (χ1v) is 8.84. The molecule has 0 aliphatic carbocycles. The first-order chi connectivity index (χ1) is 13.9. The molecule has 3 heterocycles. The molecule has 0 amide bonds. The number of aromatic nitrogens is 4. The molecule has 1 aliphatic rings. The minimum Gasteiger partial charge on any atom is -0.404 e. The van der Waals surface area contributed by atoms with Gasteiger partial charge in [0.1, 0.15) is 11.3 Å². The first-order valence-electron chi connectivity index (χ1n) is 8.46. The lowest BCUT2D eigenvalue weighted by atomic mass is 10.3. The number of terminal acetylenes is 1. The summed E-state index contributed by atoms with van der Waals surface area (Å²) in [6.45, 7) is 2.40. The van der Waals surface area contributed by atoms with E-state index in [2.05, 4.69) is 25.6 Å². The molecular formula is C18H13ClF3N5O2. The van der Waals surface area contributed by atoms with Gasteiger partial charge in [-0.15, -0.1) is 19.6 Å². The van der Waals surface area contributed by atoms with Crippen molar-refractivity contribution in [2.75, 3.05) is 31.2 Å². The zero-order valence-corrected chi connectivity index (χ0v) is 15.5. The summed E-state index contributed by atoms with van der Waals surface area (Å²) in [6.07, 6.45) is 2.27. The second-order valence-electron chi connectivity index (χ2n) is 6.06. The molecule has 0 unspecified atom stereocenters. The number of halogens is 4. The Hall–Kier alpha value is -3.03. The number of ether oxygens (including phenoxy) is 2. The van der Waals surface area contributed by atoms with Crippen LogP contribution in [-0.2, 0) is 4.74 Å². The van der Waals surface area contributed by atoms with Crippen LogP contribution in [0.2, 0.25) is 5.02 Å². The third-order valence-corrected chi connectivity index (χ3v) is 4.51. The highest BCUT2D eigenvalue weighted by molar-refractivity contribution is 6.32. The van der Waals surface area contributed by atoms with E-state index in [4.69, 9.17) is 22.8 Å². The number of anilines is 1. The molecule has 3 aromatic rings. The van der Waals surface area contributed by atoms with Gasteiger partial charge in [0.05, 0.1) is 30.1 Å². The van der Waals surface area contributed by atoms with Gasteiger partial charge in [0.2, 0.25) is 5.95 Å². The summed E-state index contributed by atoms with van der Waals surface area (Å²) in [7, 11) is 0. The zero-order valence-electron chi connectivity index (χ0n) is 14.8. The molecule has 0 spiro atoms. The van der Waals surface area contributed by atoms with E-state index in [1.165, 1.54) is 16.7 Å². The molecule has 1 fully saturated rings. The Balaban J connectivity index is 1.79. The van der Waals surface area contributed by atoms with Crippen LogP contribution >= 0.6 is 11.6 Å². The Morgan fingerprint density at radius 2 is 1.97 bits per heavy atom. The SMILES string of the molecule is C#Cc1nc2cnc(N3CCOCC3)nc2n1-c1ccc(OC(F)(F)F)c(Cl)c1. The number of hydrogen-bond acceptors (Lipinski definition) is 6. The van der Waals surface area contributed by atoms with E-state index in [0.717, 1.165) is 6.07 Å². The number of rotatable bonds is 3. The maximum absolute atomic E-state index is 12.5. The Morgan fingerprint density at radius 3 is 2.62 bits per heavy atom. The molecule has 0 saturated carbocycles. The smallest absolute Gasteiger partial charge is 0.404 e. The quantitative estimate of drug-likeness (QED) is 0.603. The van der Waals surface area contributed by atoms with Gasteiger partial charge in [0.15, 0.2) is 11.5 Å². The molecular weight excluding hydrogens is 411 g/mol. The highest BCUT2D eigenvalue weighted by atomic mass is 35.5. The van der Waals surface area contributed by atoms with Crippen LogP contribution in [0.15, 0.2) is 24.4 Å². The molecule has 2 aromatic heterocycles. The highest BCUT2D eigenvalue weighted by Gasteiger charge is 2.32. The number of morpholine rings is 1. The van der Waals surface area contributed by atoms with Crippen LogP contribution in [0.1, 0.15) is 5.82 Å². The molecule has 1 aromatic carbocycles. The molecule has 0 bridgehead atoms. The average Bonchev–Trinajstić information content (AvgIpc) is 3.07. The van der Waals surface area contributed by atoms with Crippen molar-refractivity contribution >= 4 is 28.7 Å². The maximum atomic E-state index is 12.5. The van der Waals surface area contributed by atoms with Crippen molar-refractivity contribution in [2.45, 2.75) is 6.36 Å². The van der Waals surface area contributed by atoms with E-state index in [1.54, 1.807) is 6.20 Å². The van der Waals surface area contributed by atoms with Gasteiger partial charge in [-0.3, -0.25) is 4.57 Å². The van der Waals surface area contributed by atoms with Crippen molar-refractivity contribution in [3.05, 3.63) is 35.2 Å². The van der Waals surface area contributed by atoms with E-state index >= 15 is 0 Å². The monoisotopic (exact) mass is 423 g/mol. The van der Waals surface area contributed by atoms with E-state index < -0.39 is 12.1 Å². The lowest BCUT2D eigenvalue weighted by molar-refractivity contribution is -0.274. The Labute approximate surface area is 168 Å².